The Morgan fingerprint density at radius 3 is 2.44 bits per heavy atom. The molecule has 1 N–H and O–H groups in total. The summed E-state index contributed by atoms with van der Waals surface area (Å²) in [6.07, 6.45) is 9.57. The smallest absolute Gasteiger partial charge is 0.317 e. The number of fused-ring (bicyclic) bond motifs is 3. The minimum atomic E-state index is -0.0153. The Labute approximate surface area is 148 Å². The van der Waals surface area contributed by atoms with Gasteiger partial charge in [0.05, 0.1) is 18.4 Å². The molecule has 5 heteroatoms. The van der Waals surface area contributed by atoms with Crippen molar-refractivity contribution in [3.8, 4) is 0 Å². The average Bonchev–Trinajstić information content (AvgIpc) is 2.90. The lowest BCUT2D eigenvalue weighted by Crippen LogP contribution is -2.47. The SMILES string of the molecule is CN(Cc1cnccn1)C(=O)NC1C2CCC1Cc1ccccc1C2. The van der Waals surface area contributed by atoms with Gasteiger partial charge < -0.3 is 10.2 Å². The molecule has 1 saturated carbocycles. The van der Waals surface area contributed by atoms with Gasteiger partial charge in [0, 0.05) is 25.5 Å². The standard InChI is InChI=1S/C20H24N4O/c1-24(13-18-12-21-8-9-22-18)20(25)23-19-16-6-7-17(19)11-15-5-3-2-4-14(15)10-16/h2-5,8-9,12,16-17,19H,6-7,10-11,13H2,1H3,(H,23,25). The molecule has 4 rings (SSSR count). The Morgan fingerprint density at radius 1 is 1.16 bits per heavy atom. The van der Waals surface area contributed by atoms with E-state index in [0.29, 0.717) is 18.4 Å². The second-order valence-corrected chi connectivity index (χ2v) is 7.30. The van der Waals surface area contributed by atoms with Crippen LogP contribution in [0, 0.1) is 11.8 Å². The molecular weight excluding hydrogens is 312 g/mol. The Morgan fingerprint density at radius 2 is 1.84 bits per heavy atom. The van der Waals surface area contributed by atoms with E-state index in [0.717, 1.165) is 18.5 Å². The van der Waals surface area contributed by atoms with Crippen LogP contribution in [0.5, 0.6) is 0 Å². The second-order valence-electron chi connectivity index (χ2n) is 7.30. The molecule has 0 radical (unpaired) electrons. The quantitative estimate of drug-likeness (QED) is 0.938. The molecule has 0 saturated heterocycles. The van der Waals surface area contributed by atoms with Gasteiger partial charge in [-0.05, 0) is 48.6 Å². The first-order valence-electron chi connectivity index (χ1n) is 9.04. The first kappa shape index (κ1) is 16.1. The average molecular weight is 336 g/mol. The van der Waals surface area contributed by atoms with E-state index in [2.05, 4.69) is 39.6 Å². The fraction of sp³-hybridized carbons (Fsp3) is 0.450. The summed E-state index contributed by atoms with van der Waals surface area (Å²) in [5, 5.41) is 3.31. The molecule has 2 atom stereocenters. The van der Waals surface area contributed by atoms with Gasteiger partial charge >= 0.3 is 6.03 Å². The molecule has 1 aromatic heterocycles. The van der Waals surface area contributed by atoms with Crippen LogP contribution in [0.25, 0.3) is 0 Å². The van der Waals surface area contributed by atoms with Gasteiger partial charge in [0.25, 0.3) is 0 Å². The molecule has 2 aliphatic carbocycles. The Kier molecular flexibility index (Phi) is 4.38. The number of carbonyl (C=O) groups is 1. The fourth-order valence-corrected chi connectivity index (χ4v) is 4.37. The third-order valence-electron chi connectivity index (χ3n) is 5.66. The first-order chi connectivity index (χ1) is 12.2. The van der Waals surface area contributed by atoms with E-state index in [1.54, 1.807) is 23.5 Å². The van der Waals surface area contributed by atoms with Gasteiger partial charge in [-0.25, -0.2) is 4.79 Å². The van der Waals surface area contributed by atoms with Crippen molar-refractivity contribution >= 4 is 6.03 Å². The lowest BCUT2D eigenvalue weighted by molar-refractivity contribution is 0.194. The molecule has 2 aliphatic rings. The summed E-state index contributed by atoms with van der Waals surface area (Å²) in [6.45, 7) is 0.474. The third kappa shape index (κ3) is 3.36. The lowest BCUT2D eigenvalue weighted by atomic mass is 9.94. The van der Waals surface area contributed by atoms with E-state index in [-0.39, 0.29) is 12.1 Å². The maximum absolute atomic E-state index is 12.7. The van der Waals surface area contributed by atoms with Crippen molar-refractivity contribution in [2.45, 2.75) is 38.3 Å². The van der Waals surface area contributed by atoms with Gasteiger partial charge in [0.15, 0.2) is 0 Å². The van der Waals surface area contributed by atoms with Gasteiger partial charge in [0.1, 0.15) is 0 Å². The van der Waals surface area contributed by atoms with Crippen LogP contribution in [0.2, 0.25) is 0 Å². The zero-order chi connectivity index (χ0) is 17.2. The third-order valence-corrected chi connectivity index (χ3v) is 5.66. The highest BCUT2D eigenvalue weighted by Gasteiger charge is 2.40. The van der Waals surface area contributed by atoms with Gasteiger partial charge in [-0.15, -0.1) is 0 Å². The number of urea groups is 1. The van der Waals surface area contributed by atoms with Crippen LogP contribution < -0.4 is 5.32 Å². The van der Waals surface area contributed by atoms with Crippen molar-refractivity contribution in [3.05, 3.63) is 59.7 Å². The highest BCUT2D eigenvalue weighted by atomic mass is 16.2. The maximum Gasteiger partial charge on any atom is 0.317 e. The van der Waals surface area contributed by atoms with E-state index in [9.17, 15) is 4.79 Å². The van der Waals surface area contributed by atoms with Crippen molar-refractivity contribution in [1.29, 1.82) is 0 Å². The fourth-order valence-electron chi connectivity index (χ4n) is 4.37. The van der Waals surface area contributed by atoms with Crippen molar-refractivity contribution in [2.24, 2.45) is 11.8 Å². The van der Waals surface area contributed by atoms with Crippen LogP contribution in [0.4, 0.5) is 4.79 Å². The van der Waals surface area contributed by atoms with Crippen LogP contribution in [-0.4, -0.2) is 34.0 Å². The van der Waals surface area contributed by atoms with Gasteiger partial charge in [-0.3, -0.25) is 9.97 Å². The number of benzene rings is 1. The molecular formula is C20H24N4O. The summed E-state index contributed by atoms with van der Waals surface area (Å²) in [4.78, 5) is 22.7. The molecule has 5 nitrogen and oxygen atoms in total. The Bertz CT molecular complexity index is 715. The molecule has 0 spiro atoms. The van der Waals surface area contributed by atoms with Crippen molar-refractivity contribution in [1.82, 2.24) is 20.2 Å². The molecule has 1 heterocycles. The summed E-state index contributed by atoms with van der Waals surface area (Å²) in [5.74, 6) is 1.09. The van der Waals surface area contributed by atoms with E-state index in [4.69, 9.17) is 0 Å². The van der Waals surface area contributed by atoms with Crippen molar-refractivity contribution in [2.75, 3.05) is 7.05 Å². The molecule has 25 heavy (non-hydrogen) atoms. The molecule has 2 amide bonds. The number of nitrogens with one attached hydrogen (secondary N) is 1. The van der Waals surface area contributed by atoms with Crippen LogP contribution in [0.3, 0.4) is 0 Å². The Balaban J connectivity index is 1.43. The summed E-state index contributed by atoms with van der Waals surface area (Å²) in [5.41, 5.74) is 3.72. The molecule has 0 aliphatic heterocycles. The monoisotopic (exact) mass is 336 g/mol. The highest BCUT2D eigenvalue weighted by Crippen LogP contribution is 2.40. The number of rotatable bonds is 3. The van der Waals surface area contributed by atoms with E-state index in [1.807, 2.05) is 7.05 Å². The molecule has 1 fully saturated rings. The summed E-state index contributed by atoms with van der Waals surface area (Å²) < 4.78 is 0. The predicted octanol–water partition coefficient (Wildman–Crippen LogP) is 2.81. The zero-order valence-corrected chi connectivity index (χ0v) is 14.6. The molecule has 2 bridgehead atoms. The molecule has 2 aromatic rings. The van der Waals surface area contributed by atoms with Gasteiger partial charge in [-0.1, -0.05) is 24.3 Å². The van der Waals surface area contributed by atoms with Gasteiger partial charge in [0.2, 0.25) is 0 Å². The first-order valence-corrected chi connectivity index (χ1v) is 9.04. The van der Waals surface area contributed by atoms with Crippen LogP contribution in [0.1, 0.15) is 29.7 Å². The van der Waals surface area contributed by atoms with Crippen molar-refractivity contribution < 1.29 is 4.79 Å². The van der Waals surface area contributed by atoms with Crippen LogP contribution >= 0.6 is 0 Å². The van der Waals surface area contributed by atoms with Crippen molar-refractivity contribution in [3.63, 3.8) is 0 Å². The number of aromatic nitrogens is 2. The second kappa shape index (κ2) is 6.82. The number of nitrogens with zero attached hydrogens (tertiary/aromatic N) is 3. The largest absolute Gasteiger partial charge is 0.335 e. The minimum absolute atomic E-state index is 0.0153. The normalized spacial score (nSPS) is 24.3. The number of hydrogen-bond acceptors (Lipinski definition) is 3. The predicted molar refractivity (Wildman–Crippen MR) is 95.9 cm³/mol. The zero-order valence-electron chi connectivity index (χ0n) is 14.6. The lowest BCUT2D eigenvalue weighted by Gasteiger charge is -2.27. The Hall–Kier alpha value is -2.43. The summed E-state index contributed by atoms with van der Waals surface area (Å²) in [7, 11) is 1.82. The number of carbonyl (C=O) groups excluding carboxylic acids is 1. The summed E-state index contributed by atoms with van der Waals surface area (Å²) in [6, 6.07) is 8.99. The van der Waals surface area contributed by atoms with E-state index >= 15 is 0 Å². The topological polar surface area (TPSA) is 58.1 Å². The van der Waals surface area contributed by atoms with Gasteiger partial charge in [-0.2, -0.15) is 0 Å². The molecule has 2 unspecified atom stereocenters. The molecule has 130 valence electrons. The highest BCUT2D eigenvalue weighted by molar-refractivity contribution is 5.74. The van der Waals surface area contributed by atoms with Crippen LogP contribution in [0.15, 0.2) is 42.9 Å². The maximum atomic E-state index is 12.7. The number of amides is 2. The molecule has 1 aromatic carbocycles. The summed E-state index contributed by atoms with van der Waals surface area (Å²) >= 11 is 0. The number of hydrogen-bond donors (Lipinski definition) is 1. The minimum Gasteiger partial charge on any atom is -0.335 e. The van der Waals surface area contributed by atoms with Crippen LogP contribution in [-0.2, 0) is 19.4 Å². The van der Waals surface area contributed by atoms with E-state index < -0.39 is 0 Å². The van der Waals surface area contributed by atoms with E-state index in [1.165, 1.54) is 24.0 Å².